The Bertz CT molecular complexity index is 1790. The van der Waals surface area contributed by atoms with Gasteiger partial charge in [-0.2, -0.15) is 0 Å². The summed E-state index contributed by atoms with van der Waals surface area (Å²) in [6.07, 6.45) is 0.865. The monoisotopic (exact) mass is 695 g/mol. The second kappa shape index (κ2) is 16.2. The van der Waals surface area contributed by atoms with Crippen LogP contribution >= 0.6 is 23.2 Å². The van der Waals surface area contributed by atoms with E-state index in [1.807, 2.05) is 51.1 Å². The molecule has 0 unspecified atom stereocenters. The molecule has 0 aromatic heterocycles. The summed E-state index contributed by atoms with van der Waals surface area (Å²) >= 11 is 12.9. The number of ether oxygens (including phenoxy) is 1. The summed E-state index contributed by atoms with van der Waals surface area (Å²) < 4.78 is 35.2. The number of amides is 2. The molecule has 0 saturated carbocycles. The Morgan fingerprint density at radius 1 is 0.915 bits per heavy atom. The largest absolute Gasteiger partial charge is 0.495 e. The number of carbonyl (C=O) groups excluding carboxylic acids is 2. The normalized spacial score (nSPS) is 12.6. The SMILES string of the molecule is CC[C@@H](C)NC(=O)[C@H](Cc1ccccc1)N(Cc1ccccc1Cl)C(=O)CN(c1cc(Cl)ccc1OC)S(=O)(=O)c1ccc(C)cc1. The van der Waals surface area contributed by atoms with E-state index in [4.69, 9.17) is 27.9 Å². The Labute approximate surface area is 287 Å². The lowest BCUT2D eigenvalue weighted by Gasteiger charge is -2.34. The number of nitrogens with one attached hydrogen (secondary N) is 1. The van der Waals surface area contributed by atoms with Crippen LogP contribution in [0.25, 0.3) is 0 Å². The van der Waals surface area contributed by atoms with Gasteiger partial charge in [-0.05, 0) is 67.8 Å². The van der Waals surface area contributed by atoms with E-state index in [1.54, 1.807) is 48.5 Å². The standard InChI is InChI=1S/C36H39Cl2N3O5S/c1-5-26(3)39-36(43)33(21-27-11-7-6-8-12-27)40(23-28-13-9-10-14-31(28)38)35(42)24-41(32-22-29(37)17-20-34(32)46-4)47(44,45)30-18-15-25(2)16-19-30/h6-20,22,26,33H,5,21,23-24H2,1-4H3,(H,39,43)/t26-,33+/m1/s1. The molecule has 47 heavy (non-hydrogen) atoms. The number of methoxy groups -OCH3 is 1. The van der Waals surface area contributed by atoms with Gasteiger partial charge >= 0.3 is 0 Å². The minimum absolute atomic E-state index is 0.0223. The number of rotatable bonds is 14. The molecule has 0 bridgehead atoms. The molecule has 2 amide bonds. The maximum absolute atomic E-state index is 14.7. The molecule has 0 radical (unpaired) electrons. The van der Waals surface area contributed by atoms with Gasteiger partial charge in [0.15, 0.2) is 0 Å². The molecule has 0 fully saturated rings. The Hall–Kier alpha value is -4.05. The molecule has 4 rings (SSSR count). The van der Waals surface area contributed by atoms with Crippen molar-refractivity contribution >= 4 is 50.7 Å². The molecule has 1 N–H and O–H groups in total. The summed E-state index contributed by atoms with van der Waals surface area (Å²) in [5.74, 6) is -0.786. The minimum atomic E-state index is -4.34. The zero-order chi connectivity index (χ0) is 34.1. The minimum Gasteiger partial charge on any atom is -0.495 e. The smallest absolute Gasteiger partial charge is 0.264 e. The average molecular weight is 697 g/mol. The molecule has 248 valence electrons. The first-order valence-corrected chi connectivity index (χ1v) is 17.4. The van der Waals surface area contributed by atoms with Gasteiger partial charge in [-0.3, -0.25) is 13.9 Å². The molecule has 0 saturated heterocycles. The average Bonchev–Trinajstić information content (AvgIpc) is 3.06. The first-order chi connectivity index (χ1) is 22.4. The Morgan fingerprint density at radius 3 is 2.21 bits per heavy atom. The van der Waals surface area contributed by atoms with Gasteiger partial charge in [0.25, 0.3) is 10.0 Å². The van der Waals surface area contributed by atoms with Crippen LogP contribution in [0.3, 0.4) is 0 Å². The summed E-state index contributed by atoms with van der Waals surface area (Å²) in [7, 11) is -2.93. The van der Waals surface area contributed by atoms with E-state index in [9.17, 15) is 18.0 Å². The van der Waals surface area contributed by atoms with Crippen LogP contribution in [-0.2, 0) is 32.6 Å². The van der Waals surface area contributed by atoms with E-state index in [-0.39, 0.29) is 46.3 Å². The molecule has 2 atom stereocenters. The first kappa shape index (κ1) is 35.8. The van der Waals surface area contributed by atoms with E-state index in [0.717, 1.165) is 15.4 Å². The van der Waals surface area contributed by atoms with Crippen molar-refractivity contribution in [1.29, 1.82) is 0 Å². The molecule has 4 aromatic carbocycles. The number of sulfonamides is 1. The number of aryl methyl sites for hydroxylation is 1. The van der Waals surface area contributed by atoms with Crippen LogP contribution in [0, 0.1) is 6.92 Å². The first-order valence-electron chi connectivity index (χ1n) is 15.2. The van der Waals surface area contributed by atoms with Crippen LogP contribution < -0.4 is 14.4 Å². The lowest BCUT2D eigenvalue weighted by molar-refractivity contribution is -0.140. The van der Waals surface area contributed by atoms with E-state index in [1.165, 1.54) is 30.2 Å². The van der Waals surface area contributed by atoms with Gasteiger partial charge < -0.3 is 15.0 Å². The van der Waals surface area contributed by atoms with Gasteiger partial charge in [0.2, 0.25) is 11.8 Å². The van der Waals surface area contributed by atoms with Crippen molar-refractivity contribution in [2.75, 3.05) is 18.0 Å². The van der Waals surface area contributed by atoms with E-state index < -0.39 is 28.5 Å². The predicted octanol–water partition coefficient (Wildman–Crippen LogP) is 7.06. The maximum Gasteiger partial charge on any atom is 0.264 e. The van der Waals surface area contributed by atoms with E-state index in [2.05, 4.69) is 5.32 Å². The highest BCUT2D eigenvalue weighted by molar-refractivity contribution is 7.92. The van der Waals surface area contributed by atoms with E-state index >= 15 is 0 Å². The van der Waals surface area contributed by atoms with Crippen molar-refractivity contribution in [2.45, 2.75) is 57.1 Å². The van der Waals surface area contributed by atoms with Crippen LogP contribution in [0.5, 0.6) is 5.75 Å². The Morgan fingerprint density at radius 2 is 1.57 bits per heavy atom. The molecule has 4 aromatic rings. The number of nitrogens with zero attached hydrogens (tertiary/aromatic N) is 2. The second-order valence-corrected chi connectivity index (χ2v) is 14.0. The van der Waals surface area contributed by atoms with Crippen LogP contribution in [0.2, 0.25) is 10.0 Å². The quantitative estimate of drug-likeness (QED) is 0.152. The van der Waals surface area contributed by atoms with Crippen molar-refractivity contribution in [2.24, 2.45) is 0 Å². The van der Waals surface area contributed by atoms with Crippen LogP contribution in [0.1, 0.15) is 37.0 Å². The zero-order valence-corrected chi connectivity index (χ0v) is 29.1. The lowest BCUT2D eigenvalue weighted by Crippen LogP contribution is -2.54. The Balaban J connectivity index is 1.87. The lowest BCUT2D eigenvalue weighted by atomic mass is 10.0. The summed E-state index contributed by atoms with van der Waals surface area (Å²) in [5.41, 5.74) is 2.38. The third kappa shape index (κ3) is 9.06. The highest BCUT2D eigenvalue weighted by Crippen LogP contribution is 2.35. The van der Waals surface area contributed by atoms with Gasteiger partial charge in [0, 0.05) is 29.1 Å². The Kier molecular flexibility index (Phi) is 12.3. The molecule has 0 spiro atoms. The van der Waals surface area contributed by atoms with Crippen molar-refractivity contribution < 1.29 is 22.7 Å². The van der Waals surface area contributed by atoms with Gasteiger partial charge in [-0.1, -0.05) is 96.4 Å². The predicted molar refractivity (Wildman–Crippen MR) is 188 cm³/mol. The fraction of sp³-hybridized carbons (Fsp3) is 0.278. The molecule has 0 aliphatic carbocycles. The second-order valence-electron chi connectivity index (χ2n) is 11.3. The van der Waals surface area contributed by atoms with Crippen molar-refractivity contribution in [3.05, 3.63) is 124 Å². The fourth-order valence-electron chi connectivity index (χ4n) is 5.01. The third-order valence-electron chi connectivity index (χ3n) is 7.87. The molecular weight excluding hydrogens is 657 g/mol. The van der Waals surface area contributed by atoms with Crippen LogP contribution in [0.15, 0.2) is 102 Å². The highest BCUT2D eigenvalue weighted by Gasteiger charge is 2.36. The summed E-state index contributed by atoms with van der Waals surface area (Å²) in [5, 5.41) is 3.68. The fourth-order valence-corrected chi connectivity index (χ4v) is 6.79. The number of anilines is 1. The van der Waals surface area contributed by atoms with Gasteiger partial charge in [0.05, 0.1) is 17.7 Å². The van der Waals surface area contributed by atoms with Crippen molar-refractivity contribution in [3.8, 4) is 5.75 Å². The van der Waals surface area contributed by atoms with E-state index in [0.29, 0.717) is 17.0 Å². The maximum atomic E-state index is 14.7. The highest BCUT2D eigenvalue weighted by atomic mass is 35.5. The number of halogens is 2. The number of hydrogen-bond acceptors (Lipinski definition) is 5. The molecule has 8 nitrogen and oxygen atoms in total. The molecular formula is C36H39Cl2N3O5S. The van der Waals surface area contributed by atoms with Crippen LogP contribution in [-0.4, -0.2) is 50.9 Å². The zero-order valence-electron chi connectivity index (χ0n) is 26.8. The van der Waals surface area contributed by atoms with Crippen LogP contribution in [0.4, 0.5) is 5.69 Å². The summed E-state index contributed by atoms with van der Waals surface area (Å²) in [6, 6.07) is 26.1. The van der Waals surface area contributed by atoms with Crippen molar-refractivity contribution in [3.63, 3.8) is 0 Å². The molecule has 0 aliphatic rings. The van der Waals surface area contributed by atoms with Gasteiger partial charge in [-0.25, -0.2) is 8.42 Å². The van der Waals surface area contributed by atoms with Gasteiger partial charge in [0.1, 0.15) is 18.3 Å². The number of hydrogen-bond donors (Lipinski definition) is 1. The number of benzene rings is 4. The molecule has 11 heteroatoms. The summed E-state index contributed by atoms with van der Waals surface area (Å²) in [6.45, 7) is 4.99. The number of carbonyl (C=O) groups is 2. The molecule has 0 aliphatic heterocycles. The van der Waals surface area contributed by atoms with Gasteiger partial charge in [-0.15, -0.1) is 0 Å². The topological polar surface area (TPSA) is 96.0 Å². The van der Waals surface area contributed by atoms with Crippen molar-refractivity contribution in [1.82, 2.24) is 10.2 Å². The summed E-state index contributed by atoms with van der Waals surface area (Å²) in [4.78, 5) is 30.0. The molecule has 0 heterocycles. The third-order valence-corrected chi connectivity index (χ3v) is 10.2.